The highest BCUT2D eigenvalue weighted by molar-refractivity contribution is 6.04. The Morgan fingerprint density at radius 2 is 1.40 bits per heavy atom. The Labute approximate surface area is 282 Å². The minimum atomic E-state index is -0.232. The third kappa shape index (κ3) is 5.66. The third-order valence-corrected chi connectivity index (χ3v) is 8.94. The molecule has 0 radical (unpaired) electrons. The van der Waals surface area contributed by atoms with Crippen LogP contribution < -0.4 is 0 Å². The summed E-state index contributed by atoms with van der Waals surface area (Å²) in [4.78, 5) is 15.0. The minimum absolute atomic E-state index is 0.0907. The summed E-state index contributed by atoms with van der Waals surface area (Å²) in [6.07, 6.45) is 3.66. The van der Waals surface area contributed by atoms with Gasteiger partial charge in [0.05, 0.1) is 22.2 Å². The Bertz CT molecular complexity index is 2310. The SMILES string of the molecule is CC(C)(C)c1cc(C=Nc2ccccc2-c2nc3c(-c4ccnc5ccccc45)cccc3n2-c2ccccc2)c(O)c(C(C)(C)C)c1. The molecule has 0 unspecified atom stereocenters. The molecule has 0 saturated heterocycles. The van der Waals surface area contributed by atoms with Gasteiger partial charge in [-0.1, -0.05) is 108 Å². The number of imidazole rings is 1. The number of rotatable bonds is 5. The number of pyridine rings is 1. The predicted octanol–water partition coefficient (Wildman–Crippen LogP) is 11.0. The van der Waals surface area contributed by atoms with Gasteiger partial charge in [-0.05, 0) is 70.5 Å². The highest BCUT2D eigenvalue weighted by atomic mass is 16.3. The molecule has 1 N–H and O–H groups in total. The van der Waals surface area contributed by atoms with E-state index in [2.05, 4.69) is 118 Å². The lowest BCUT2D eigenvalue weighted by molar-refractivity contribution is 0.444. The van der Waals surface area contributed by atoms with Crippen molar-refractivity contribution in [1.82, 2.24) is 14.5 Å². The van der Waals surface area contributed by atoms with Crippen LogP contribution in [0, 0.1) is 0 Å². The fourth-order valence-corrected chi connectivity index (χ4v) is 6.34. The molecule has 0 spiro atoms. The van der Waals surface area contributed by atoms with E-state index in [9.17, 15) is 5.11 Å². The molecule has 0 atom stereocenters. The molecule has 238 valence electrons. The van der Waals surface area contributed by atoms with E-state index in [0.717, 1.165) is 67.0 Å². The van der Waals surface area contributed by atoms with Gasteiger partial charge in [0, 0.05) is 45.7 Å². The molecule has 2 aromatic heterocycles. The van der Waals surface area contributed by atoms with Gasteiger partial charge in [0.2, 0.25) is 0 Å². The van der Waals surface area contributed by atoms with Crippen molar-refractivity contribution < 1.29 is 5.11 Å². The van der Waals surface area contributed by atoms with Gasteiger partial charge in [0.1, 0.15) is 11.6 Å². The van der Waals surface area contributed by atoms with Crippen molar-refractivity contribution in [1.29, 1.82) is 0 Å². The molecule has 0 aliphatic heterocycles. The molecule has 0 aliphatic rings. The molecule has 2 heterocycles. The number of hydrogen-bond donors (Lipinski definition) is 1. The van der Waals surface area contributed by atoms with E-state index >= 15 is 0 Å². The highest BCUT2D eigenvalue weighted by Crippen LogP contribution is 2.40. The number of hydrogen-bond acceptors (Lipinski definition) is 4. The first-order chi connectivity index (χ1) is 23.0. The third-order valence-electron chi connectivity index (χ3n) is 8.94. The molecule has 0 bridgehead atoms. The quantitative estimate of drug-likeness (QED) is 0.193. The molecule has 0 fully saturated rings. The van der Waals surface area contributed by atoms with Crippen LogP contribution >= 0.6 is 0 Å². The van der Waals surface area contributed by atoms with Gasteiger partial charge >= 0.3 is 0 Å². The first kappa shape index (κ1) is 31.1. The largest absolute Gasteiger partial charge is 0.507 e. The monoisotopic (exact) mass is 628 g/mol. The van der Waals surface area contributed by atoms with E-state index in [1.807, 2.05) is 54.7 Å². The van der Waals surface area contributed by atoms with Crippen molar-refractivity contribution in [3.05, 3.63) is 138 Å². The Balaban J connectivity index is 1.44. The van der Waals surface area contributed by atoms with Crippen LogP contribution in [-0.4, -0.2) is 25.9 Å². The molecule has 5 heteroatoms. The molecule has 7 rings (SSSR count). The number of fused-ring (bicyclic) bond motifs is 2. The summed E-state index contributed by atoms with van der Waals surface area (Å²) in [6.45, 7) is 13.0. The Morgan fingerprint density at radius 3 is 2.17 bits per heavy atom. The number of aliphatic imine (C=N–C) groups is 1. The standard InChI is InChI=1S/C43H40N4O/c1-42(2,3)29-25-28(40(48)35(26-29)43(4,5)6)27-45-37-21-13-11-18-34(37)41-46-39-33(31-23-24-44-36-20-12-10-17-32(31)36)19-14-22-38(39)47(41)30-15-8-7-9-16-30/h7-27,48H,1-6H3. The minimum Gasteiger partial charge on any atom is -0.507 e. The second-order valence-corrected chi connectivity index (χ2v) is 14.4. The molecular weight excluding hydrogens is 589 g/mol. The maximum absolute atomic E-state index is 11.5. The van der Waals surface area contributed by atoms with E-state index in [1.54, 1.807) is 6.21 Å². The number of nitrogens with zero attached hydrogens (tertiary/aromatic N) is 4. The lowest BCUT2D eigenvalue weighted by atomic mass is 9.79. The van der Waals surface area contributed by atoms with E-state index in [4.69, 9.17) is 9.98 Å². The van der Waals surface area contributed by atoms with E-state index in [0.29, 0.717) is 5.56 Å². The molecule has 0 aliphatic carbocycles. The molecule has 0 saturated carbocycles. The summed E-state index contributed by atoms with van der Waals surface area (Å²) in [5, 5.41) is 12.6. The van der Waals surface area contributed by atoms with E-state index in [1.165, 1.54) is 0 Å². The number of benzene rings is 5. The zero-order valence-electron chi connectivity index (χ0n) is 28.4. The maximum Gasteiger partial charge on any atom is 0.147 e. The lowest BCUT2D eigenvalue weighted by Crippen LogP contribution is -2.17. The van der Waals surface area contributed by atoms with Gasteiger partial charge in [-0.15, -0.1) is 0 Å². The zero-order valence-corrected chi connectivity index (χ0v) is 28.4. The smallest absolute Gasteiger partial charge is 0.147 e. The van der Waals surface area contributed by atoms with Crippen LogP contribution in [0.5, 0.6) is 5.75 Å². The van der Waals surface area contributed by atoms with Crippen LogP contribution in [0.2, 0.25) is 0 Å². The average Bonchev–Trinajstić information content (AvgIpc) is 3.47. The normalized spacial score (nSPS) is 12.4. The second kappa shape index (κ2) is 11.9. The van der Waals surface area contributed by atoms with Gasteiger partial charge < -0.3 is 5.11 Å². The Morgan fingerprint density at radius 1 is 0.688 bits per heavy atom. The van der Waals surface area contributed by atoms with Gasteiger partial charge in [0.15, 0.2) is 0 Å². The van der Waals surface area contributed by atoms with Gasteiger partial charge in [-0.2, -0.15) is 0 Å². The highest BCUT2D eigenvalue weighted by Gasteiger charge is 2.25. The average molecular weight is 629 g/mol. The van der Waals surface area contributed by atoms with E-state index in [-0.39, 0.29) is 16.6 Å². The zero-order chi connectivity index (χ0) is 33.6. The molecular formula is C43H40N4O. The summed E-state index contributed by atoms with van der Waals surface area (Å²) < 4.78 is 2.21. The summed E-state index contributed by atoms with van der Waals surface area (Å²) in [6, 6.07) is 39.3. The Kier molecular flexibility index (Phi) is 7.71. The molecule has 0 amide bonds. The van der Waals surface area contributed by atoms with Crippen LogP contribution in [0.4, 0.5) is 5.69 Å². The van der Waals surface area contributed by atoms with Crippen molar-refractivity contribution in [2.45, 2.75) is 52.4 Å². The summed E-state index contributed by atoms with van der Waals surface area (Å²) >= 11 is 0. The van der Waals surface area contributed by atoms with Crippen molar-refractivity contribution in [2.75, 3.05) is 0 Å². The second-order valence-electron chi connectivity index (χ2n) is 14.4. The van der Waals surface area contributed by atoms with Crippen molar-refractivity contribution in [3.63, 3.8) is 0 Å². The van der Waals surface area contributed by atoms with Crippen LogP contribution in [0.15, 0.2) is 126 Å². The van der Waals surface area contributed by atoms with Gasteiger partial charge in [-0.25, -0.2) is 4.98 Å². The lowest BCUT2D eigenvalue weighted by Gasteiger charge is -2.27. The maximum atomic E-state index is 11.5. The number of phenolic OH excluding ortho intramolecular Hbond substituents is 1. The topological polar surface area (TPSA) is 63.3 Å². The van der Waals surface area contributed by atoms with Crippen LogP contribution in [-0.2, 0) is 10.8 Å². The first-order valence-corrected chi connectivity index (χ1v) is 16.4. The molecule has 48 heavy (non-hydrogen) atoms. The number of phenols is 1. The van der Waals surface area contributed by atoms with Crippen molar-refractivity contribution in [2.24, 2.45) is 4.99 Å². The summed E-state index contributed by atoms with van der Waals surface area (Å²) in [5.41, 5.74) is 10.1. The number of para-hydroxylation sites is 4. The first-order valence-electron chi connectivity index (χ1n) is 16.4. The molecule has 5 nitrogen and oxygen atoms in total. The van der Waals surface area contributed by atoms with Crippen LogP contribution in [0.25, 0.3) is 50.1 Å². The summed E-state index contributed by atoms with van der Waals surface area (Å²) in [5.74, 6) is 1.06. The number of aromatic nitrogens is 3. The molecule has 5 aromatic carbocycles. The van der Waals surface area contributed by atoms with Crippen LogP contribution in [0.3, 0.4) is 0 Å². The number of aromatic hydroxyl groups is 1. The summed E-state index contributed by atoms with van der Waals surface area (Å²) in [7, 11) is 0. The van der Waals surface area contributed by atoms with Crippen molar-refractivity contribution >= 4 is 33.8 Å². The molecule has 7 aromatic rings. The van der Waals surface area contributed by atoms with E-state index < -0.39 is 0 Å². The van der Waals surface area contributed by atoms with Gasteiger partial charge in [-0.3, -0.25) is 14.5 Å². The van der Waals surface area contributed by atoms with Crippen LogP contribution in [0.1, 0.15) is 58.2 Å². The fourth-order valence-electron chi connectivity index (χ4n) is 6.34. The Hall–Kier alpha value is -5.55. The predicted molar refractivity (Wildman–Crippen MR) is 200 cm³/mol. The van der Waals surface area contributed by atoms with Gasteiger partial charge in [0.25, 0.3) is 0 Å². The van der Waals surface area contributed by atoms with Crippen molar-refractivity contribution in [3.8, 4) is 34.0 Å². The fraction of sp³-hybridized carbons (Fsp3) is 0.186.